The maximum absolute atomic E-state index is 13.4. The molecule has 0 N–H and O–H groups in total. The molecular formula is C11H11F3O2. The zero-order valence-corrected chi connectivity index (χ0v) is 8.89. The van der Waals surface area contributed by atoms with Crippen LogP contribution in [0.3, 0.4) is 0 Å². The Kier molecular flexibility index (Phi) is 3.93. The summed E-state index contributed by atoms with van der Waals surface area (Å²) in [7, 11) is 0. The van der Waals surface area contributed by atoms with Gasteiger partial charge in [0.05, 0.1) is 12.2 Å². The van der Waals surface area contributed by atoms with E-state index in [1.165, 1.54) is 6.92 Å². The standard InChI is InChI=1S/C11H11F3O2/c1-3-16-10-8(11(13)14)4-7(6(2)15)5-9(10)12/h4-5,11H,3H2,1-2H3. The van der Waals surface area contributed by atoms with Crippen molar-refractivity contribution in [1.29, 1.82) is 0 Å². The molecule has 0 fully saturated rings. The first-order chi connectivity index (χ1) is 7.47. The van der Waals surface area contributed by atoms with E-state index in [4.69, 9.17) is 4.74 Å². The van der Waals surface area contributed by atoms with Gasteiger partial charge >= 0.3 is 0 Å². The van der Waals surface area contributed by atoms with E-state index in [0.717, 1.165) is 12.1 Å². The topological polar surface area (TPSA) is 26.3 Å². The van der Waals surface area contributed by atoms with Gasteiger partial charge in [0.15, 0.2) is 17.3 Å². The van der Waals surface area contributed by atoms with Gasteiger partial charge in [0.2, 0.25) is 0 Å². The molecule has 1 aromatic carbocycles. The van der Waals surface area contributed by atoms with Crippen LogP contribution in [0.4, 0.5) is 13.2 Å². The van der Waals surface area contributed by atoms with Crippen molar-refractivity contribution < 1.29 is 22.7 Å². The fraction of sp³-hybridized carbons (Fsp3) is 0.364. The number of ketones is 1. The van der Waals surface area contributed by atoms with E-state index >= 15 is 0 Å². The van der Waals surface area contributed by atoms with Gasteiger partial charge in [0.1, 0.15) is 0 Å². The van der Waals surface area contributed by atoms with E-state index in [0.29, 0.717) is 0 Å². The van der Waals surface area contributed by atoms with Gasteiger partial charge in [-0.25, -0.2) is 13.2 Å². The zero-order chi connectivity index (χ0) is 12.3. The minimum Gasteiger partial charge on any atom is -0.490 e. The molecule has 1 aromatic rings. The van der Waals surface area contributed by atoms with Gasteiger partial charge in [-0.2, -0.15) is 0 Å². The maximum atomic E-state index is 13.4. The van der Waals surface area contributed by atoms with Crippen LogP contribution in [0.15, 0.2) is 12.1 Å². The molecule has 0 saturated heterocycles. The zero-order valence-electron chi connectivity index (χ0n) is 8.89. The lowest BCUT2D eigenvalue weighted by atomic mass is 10.1. The van der Waals surface area contributed by atoms with Gasteiger partial charge in [0.25, 0.3) is 6.43 Å². The molecule has 0 aliphatic rings. The molecule has 0 aliphatic heterocycles. The summed E-state index contributed by atoms with van der Waals surface area (Å²) in [6, 6.07) is 1.86. The number of ether oxygens (including phenoxy) is 1. The Morgan fingerprint density at radius 1 is 1.44 bits per heavy atom. The fourth-order valence-corrected chi connectivity index (χ4v) is 1.28. The molecule has 5 heteroatoms. The number of carbonyl (C=O) groups excluding carboxylic acids is 1. The average Bonchev–Trinajstić information content (AvgIpc) is 2.20. The van der Waals surface area contributed by atoms with Crippen molar-refractivity contribution in [1.82, 2.24) is 0 Å². The lowest BCUT2D eigenvalue weighted by Gasteiger charge is -2.11. The summed E-state index contributed by atoms with van der Waals surface area (Å²) in [5, 5.41) is 0. The predicted octanol–water partition coefficient (Wildman–Crippen LogP) is 3.36. The fourth-order valence-electron chi connectivity index (χ4n) is 1.28. The Morgan fingerprint density at radius 3 is 2.50 bits per heavy atom. The normalized spacial score (nSPS) is 10.6. The van der Waals surface area contributed by atoms with Crippen molar-refractivity contribution in [3.63, 3.8) is 0 Å². The summed E-state index contributed by atoms with van der Waals surface area (Å²) >= 11 is 0. The summed E-state index contributed by atoms with van der Waals surface area (Å²) in [4.78, 5) is 11.0. The van der Waals surface area contributed by atoms with E-state index in [1.807, 2.05) is 0 Å². The molecule has 16 heavy (non-hydrogen) atoms. The molecule has 0 unspecified atom stereocenters. The number of carbonyl (C=O) groups is 1. The van der Waals surface area contributed by atoms with E-state index in [1.54, 1.807) is 6.92 Å². The molecule has 2 nitrogen and oxygen atoms in total. The van der Waals surface area contributed by atoms with E-state index in [9.17, 15) is 18.0 Å². The van der Waals surface area contributed by atoms with E-state index < -0.39 is 29.3 Å². The quantitative estimate of drug-likeness (QED) is 0.744. The highest BCUT2D eigenvalue weighted by molar-refractivity contribution is 5.94. The number of rotatable bonds is 4. The summed E-state index contributed by atoms with van der Waals surface area (Å²) in [5.41, 5.74) is -0.677. The summed E-state index contributed by atoms with van der Waals surface area (Å²) in [6.45, 7) is 2.83. The molecular weight excluding hydrogens is 221 g/mol. The lowest BCUT2D eigenvalue weighted by molar-refractivity contribution is 0.101. The van der Waals surface area contributed by atoms with Crippen LogP contribution < -0.4 is 4.74 Å². The summed E-state index contributed by atoms with van der Waals surface area (Å²) in [5.74, 6) is -1.89. The highest BCUT2D eigenvalue weighted by atomic mass is 19.3. The molecule has 0 aromatic heterocycles. The van der Waals surface area contributed by atoms with Gasteiger partial charge in [-0.3, -0.25) is 4.79 Å². The molecule has 0 spiro atoms. The summed E-state index contributed by atoms with van der Waals surface area (Å²) < 4.78 is 43.4. The van der Waals surface area contributed by atoms with E-state index in [-0.39, 0.29) is 12.2 Å². The maximum Gasteiger partial charge on any atom is 0.267 e. The van der Waals surface area contributed by atoms with Crippen LogP contribution in [-0.4, -0.2) is 12.4 Å². The molecule has 0 aliphatic carbocycles. The van der Waals surface area contributed by atoms with Crippen LogP contribution in [0, 0.1) is 5.82 Å². The smallest absolute Gasteiger partial charge is 0.267 e. The number of halogens is 3. The number of alkyl halides is 2. The number of hydrogen-bond acceptors (Lipinski definition) is 2. The minimum absolute atomic E-state index is 0.0794. The molecule has 0 saturated carbocycles. The third-order valence-corrected chi connectivity index (χ3v) is 2.00. The molecule has 0 amide bonds. The van der Waals surface area contributed by atoms with Gasteiger partial charge in [-0.05, 0) is 26.0 Å². The van der Waals surface area contributed by atoms with Crippen LogP contribution in [0.2, 0.25) is 0 Å². The van der Waals surface area contributed by atoms with Crippen LogP contribution in [0.25, 0.3) is 0 Å². The van der Waals surface area contributed by atoms with E-state index in [2.05, 4.69) is 0 Å². The first-order valence-electron chi connectivity index (χ1n) is 4.72. The van der Waals surface area contributed by atoms with Crippen LogP contribution in [0.5, 0.6) is 5.75 Å². The molecule has 0 bridgehead atoms. The second-order valence-corrected chi connectivity index (χ2v) is 3.17. The van der Waals surface area contributed by atoms with Crippen LogP contribution >= 0.6 is 0 Å². The van der Waals surface area contributed by atoms with Crippen LogP contribution in [0.1, 0.15) is 36.2 Å². The Hall–Kier alpha value is -1.52. The predicted molar refractivity (Wildman–Crippen MR) is 52.5 cm³/mol. The second-order valence-electron chi connectivity index (χ2n) is 3.17. The largest absolute Gasteiger partial charge is 0.490 e. The molecule has 0 radical (unpaired) electrons. The monoisotopic (exact) mass is 232 g/mol. The number of benzene rings is 1. The minimum atomic E-state index is -2.88. The second kappa shape index (κ2) is 5.01. The SMILES string of the molecule is CCOc1c(F)cc(C(C)=O)cc1C(F)F. The van der Waals surface area contributed by atoms with Crippen molar-refractivity contribution in [3.8, 4) is 5.75 Å². The Morgan fingerprint density at radius 2 is 2.06 bits per heavy atom. The summed E-state index contributed by atoms with van der Waals surface area (Å²) in [6.07, 6.45) is -2.88. The molecule has 0 atom stereocenters. The molecule has 88 valence electrons. The number of hydrogen-bond donors (Lipinski definition) is 0. The third-order valence-electron chi connectivity index (χ3n) is 2.00. The average molecular weight is 232 g/mol. The lowest BCUT2D eigenvalue weighted by Crippen LogP contribution is -2.03. The first-order valence-corrected chi connectivity index (χ1v) is 4.72. The van der Waals surface area contributed by atoms with Gasteiger partial charge in [-0.1, -0.05) is 0 Å². The van der Waals surface area contributed by atoms with Gasteiger partial charge in [0, 0.05) is 5.56 Å². The highest BCUT2D eigenvalue weighted by Crippen LogP contribution is 2.32. The number of Topliss-reactive ketones (excluding diaryl/α,β-unsaturated/α-hetero) is 1. The Bertz CT molecular complexity index is 402. The third kappa shape index (κ3) is 2.53. The van der Waals surface area contributed by atoms with Crippen molar-refractivity contribution in [2.45, 2.75) is 20.3 Å². The van der Waals surface area contributed by atoms with Crippen LogP contribution in [-0.2, 0) is 0 Å². The molecule has 1 rings (SSSR count). The van der Waals surface area contributed by atoms with Gasteiger partial charge < -0.3 is 4.74 Å². The van der Waals surface area contributed by atoms with Gasteiger partial charge in [-0.15, -0.1) is 0 Å². The van der Waals surface area contributed by atoms with Crippen molar-refractivity contribution in [2.24, 2.45) is 0 Å². The highest BCUT2D eigenvalue weighted by Gasteiger charge is 2.20. The molecule has 0 heterocycles. The van der Waals surface area contributed by atoms with Crippen molar-refractivity contribution >= 4 is 5.78 Å². The van der Waals surface area contributed by atoms with Crippen molar-refractivity contribution in [2.75, 3.05) is 6.61 Å². The Labute approximate surface area is 91.0 Å². The first kappa shape index (κ1) is 12.5. The van der Waals surface area contributed by atoms with Crippen molar-refractivity contribution in [3.05, 3.63) is 29.1 Å². The Balaban J connectivity index is 3.33.